The van der Waals surface area contributed by atoms with Crippen LogP contribution in [-0.4, -0.2) is 11.2 Å². The van der Waals surface area contributed by atoms with E-state index in [1.165, 1.54) is 19.3 Å². The summed E-state index contributed by atoms with van der Waals surface area (Å²) >= 11 is 0. The monoisotopic (exact) mass is 170 g/mol. The van der Waals surface area contributed by atoms with Crippen LogP contribution < -0.4 is 0 Å². The minimum atomic E-state index is -0.0200. The van der Waals surface area contributed by atoms with Gasteiger partial charge in [0.15, 0.2) is 0 Å². The Morgan fingerprint density at radius 3 is 2.50 bits per heavy atom. The van der Waals surface area contributed by atoms with Gasteiger partial charge in [0.1, 0.15) is 0 Å². The van der Waals surface area contributed by atoms with Gasteiger partial charge >= 0.3 is 0 Å². The van der Waals surface area contributed by atoms with Crippen LogP contribution in [0.25, 0.3) is 0 Å². The fourth-order valence-electron chi connectivity index (χ4n) is 2.37. The Balaban J connectivity index is 2.30. The van der Waals surface area contributed by atoms with E-state index in [1.807, 2.05) is 0 Å². The van der Waals surface area contributed by atoms with Gasteiger partial charge in [-0.2, -0.15) is 0 Å². The highest BCUT2D eigenvalue weighted by Crippen LogP contribution is 2.32. The van der Waals surface area contributed by atoms with Gasteiger partial charge in [0.2, 0.25) is 0 Å². The third kappa shape index (κ3) is 2.78. The summed E-state index contributed by atoms with van der Waals surface area (Å²) in [6.07, 6.45) is 4.83. The molecule has 0 aromatic heterocycles. The molecule has 1 heteroatoms. The van der Waals surface area contributed by atoms with Gasteiger partial charge in [-0.25, -0.2) is 0 Å². The van der Waals surface area contributed by atoms with E-state index < -0.39 is 0 Å². The molecule has 0 spiro atoms. The van der Waals surface area contributed by atoms with E-state index >= 15 is 0 Å². The van der Waals surface area contributed by atoms with Crippen molar-refractivity contribution in [3.05, 3.63) is 0 Å². The van der Waals surface area contributed by atoms with Crippen LogP contribution in [-0.2, 0) is 0 Å². The van der Waals surface area contributed by atoms with Crippen LogP contribution in [0.4, 0.5) is 0 Å². The smallest absolute Gasteiger partial charge is 0.0566 e. The van der Waals surface area contributed by atoms with Gasteiger partial charge < -0.3 is 5.11 Å². The number of aliphatic hydroxyl groups is 1. The standard InChI is InChI=1S/C11H22O/c1-8(2)6-10-4-5-11(12)9(3)7-10/h8-12H,4-7H2,1-3H3/t9-,10-,11+/m0/s1. The van der Waals surface area contributed by atoms with Crippen molar-refractivity contribution in [3.8, 4) is 0 Å². The van der Waals surface area contributed by atoms with Crippen LogP contribution in [0.5, 0.6) is 0 Å². The summed E-state index contributed by atoms with van der Waals surface area (Å²) in [7, 11) is 0. The summed E-state index contributed by atoms with van der Waals surface area (Å²) < 4.78 is 0. The first kappa shape index (κ1) is 10.0. The quantitative estimate of drug-likeness (QED) is 0.675. The number of hydrogen-bond acceptors (Lipinski definition) is 1. The van der Waals surface area contributed by atoms with Gasteiger partial charge in [-0.15, -0.1) is 0 Å². The van der Waals surface area contributed by atoms with Crippen molar-refractivity contribution in [2.24, 2.45) is 17.8 Å². The lowest BCUT2D eigenvalue weighted by atomic mass is 9.77. The molecule has 12 heavy (non-hydrogen) atoms. The molecule has 0 amide bonds. The van der Waals surface area contributed by atoms with Gasteiger partial charge in [0, 0.05) is 0 Å². The molecule has 0 bridgehead atoms. The molecule has 0 radical (unpaired) electrons. The highest BCUT2D eigenvalue weighted by molar-refractivity contribution is 4.77. The minimum Gasteiger partial charge on any atom is -0.393 e. The van der Waals surface area contributed by atoms with E-state index in [1.54, 1.807) is 0 Å². The second-order valence-corrected chi connectivity index (χ2v) is 4.85. The Morgan fingerprint density at radius 2 is 2.00 bits per heavy atom. The number of aliphatic hydroxyl groups excluding tert-OH is 1. The van der Waals surface area contributed by atoms with E-state index in [0.29, 0.717) is 5.92 Å². The fourth-order valence-corrected chi connectivity index (χ4v) is 2.37. The molecule has 0 unspecified atom stereocenters. The maximum Gasteiger partial charge on any atom is 0.0566 e. The first-order chi connectivity index (χ1) is 5.59. The molecular weight excluding hydrogens is 148 g/mol. The van der Waals surface area contributed by atoms with Crippen LogP contribution in [0.3, 0.4) is 0 Å². The van der Waals surface area contributed by atoms with E-state index in [0.717, 1.165) is 18.3 Å². The molecule has 0 saturated heterocycles. The molecule has 1 N–H and O–H groups in total. The van der Waals surface area contributed by atoms with Crippen molar-refractivity contribution >= 4 is 0 Å². The summed E-state index contributed by atoms with van der Waals surface area (Å²) in [6.45, 7) is 6.75. The highest BCUT2D eigenvalue weighted by atomic mass is 16.3. The number of rotatable bonds is 2. The zero-order chi connectivity index (χ0) is 9.14. The molecule has 1 aliphatic carbocycles. The molecule has 72 valence electrons. The summed E-state index contributed by atoms with van der Waals surface area (Å²) in [6, 6.07) is 0. The van der Waals surface area contributed by atoms with Gasteiger partial charge in [0.05, 0.1) is 6.10 Å². The van der Waals surface area contributed by atoms with Crippen molar-refractivity contribution < 1.29 is 5.11 Å². The third-order valence-corrected chi connectivity index (χ3v) is 3.04. The molecule has 1 nitrogen and oxygen atoms in total. The zero-order valence-corrected chi connectivity index (χ0v) is 8.59. The van der Waals surface area contributed by atoms with E-state index in [2.05, 4.69) is 20.8 Å². The lowest BCUT2D eigenvalue weighted by Crippen LogP contribution is -2.27. The van der Waals surface area contributed by atoms with Gasteiger partial charge in [-0.1, -0.05) is 20.8 Å². The SMILES string of the molecule is CC(C)C[C@@H]1CC[C@@H](O)[C@@H](C)C1. The highest BCUT2D eigenvalue weighted by Gasteiger charge is 2.25. The number of hydrogen-bond donors (Lipinski definition) is 1. The van der Waals surface area contributed by atoms with E-state index in [-0.39, 0.29) is 6.10 Å². The molecule has 1 saturated carbocycles. The van der Waals surface area contributed by atoms with E-state index in [4.69, 9.17) is 0 Å². The molecule has 0 aromatic rings. The van der Waals surface area contributed by atoms with Gasteiger partial charge in [-0.3, -0.25) is 0 Å². The van der Waals surface area contributed by atoms with Crippen molar-refractivity contribution in [3.63, 3.8) is 0 Å². The Morgan fingerprint density at radius 1 is 1.33 bits per heavy atom. The minimum absolute atomic E-state index is 0.0200. The lowest BCUT2D eigenvalue weighted by Gasteiger charge is -2.31. The van der Waals surface area contributed by atoms with Crippen molar-refractivity contribution in [1.82, 2.24) is 0 Å². The fraction of sp³-hybridized carbons (Fsp3) is 1.00. The Kier molecular flexibility index (Phi) is 3.57. The molecule has 0 aromatic carbocycles. The second-order valence-electron chi connectivity index (χ2n) is 4.85. The average molecular weight is 170 g/mol. The summed E-state index contributed by atoms with van der Waals surface area (Å²) in [5, 5.41) is 9.53. The first-order valence-electron chi connectivity index (χ1n) is 5.27. The molecule has 1 fully saturated rings. The Labute approximate surface area is 76.2 Å². The Hall–Kier alpha value is -0.0400. The molecule has 3 atom stereocenters. The maximum absolute atomic E-state index is 9.53. The zero-order valence-electron chi connectivity index (χ0n) is 8.59. The topological polar surface area (TPSA) is 20.2 Å². The summed E-state index contributed by atoms with van der Waals surface area (Å²) in [5.41, 5.74) is 0. The van der Waals surface area contributed by atoms with Crippen LogP contribution in [0, 0.1) is 17.8 Å². The largest absolute Gasteiger partial charge is 0.393 e. The third-order valence-electron chi connectivity index (χ3n) is 3.04. The molecule has 1 rings (SSSR count). The predicted molar refractivity (Wildman–Crippen MR) is 52.0 cm³/mol. The molecular formula is C11H22O. The van der Waals surface area contributed by atoms with Crippen molar-refractivity contribution in [2.45, 2.75) is 52.6 Å². The lowest BCUT2D eigenvalue weighted by molar-refractivity contribution is 0.0526. The molecule has 0 heterocycles. The van der Waals surface area contributed by atoms with Gasteiger partial charge in [-0.05, 0) is 43.4 Å². The van der Waals surface area contributed by atoms with Crippen LogP contribution >= 0.6 is 0 Å². The average Bonchev–Trinajstić information content (AvgIpc) is 1.96. The van der Waals surface area contributed by atoms with Crippen molar-refractivity contribution in [2.75, 3.05) is 0 Å². The maximum atomic E-state index is 9.53. The van der Waals surface area contributed by atoms with Gasteiger partial charge in [0.25, 0.3) is 0 Å². The first-order valence-corrected chi connectivity index (χ1v) is 5.27. The van der Waals surface area contributed by atoms with Crippen LogP contribution in [0.1, 0.15) is 46.5 Å². The van der Waals surface area contributed by atoms with Crippen molar-refractivity contribution in [1.29, 1.82) is 0 Å². The van der Waals surface area contributed by atoms with E-state index in [9.17, 15) is 5.11 Å². The Bertz CT molecular complexity index is 131. The predicted octanol–water partition coefficient (Wildman–Crippen LogP) is 2.83. The second kappa shape index (κ2) is 4.27. The summed E-state index contributed by atoms with van der Waals surface area (Å²) in [5.74, 6) is 2.23. The molecule has 1 aliphatic rings. The van der Waals surface area contributed by atoms with Crippen LogP contribution in [0.2, 0.25) is 0 Å². The molecule has 0 aliphatic heterocycles. The summed E-state index contributed by atoms with van der Waals surface area (Å²) in [4.78, 5) is 0. The normalized spacial score (nSPS) is 37.2. The van der Waals surface area contributed by atoms with Crippen LogP contribution in [0.15, 0.2) is 0 Å².